The van der Waals surface area contributed by atoms with Crippen LogP contribution < -0.4 is 4.90 Å². The van der Waals surface area contributed by atoms with Crippen LogP contribution in [0.2, 0.25) is 0 Å². The SMILES string of the molecule is CCc1ccccc1-n1c(SCc2nc(-c3cccs3)no2)nnc1N1CCOCC1. The fourth-order valence-corrected chi connectivity index (χ4v) is 4.93. The first kappa shape index (κ1) is 20.2. The molecule has 0 atom stereocenters. The van der Waals surface area contributed by atoms with E-state index < -0.39 is 0 Å². The van der Waals surface area contributed by atoms with E-state index in [-0.39, 0.29) is 0 Å². The highest BCUT2D eigenvalue weighted by Crippen LogP contribution is 2.31. The molecule has 160 valence electrons. The summed E-state index contributed by atoms with van der Waals surface area (Å²) in [6.07, 6.45) is 0.925. The molecule has 1 aromatic carbocycles. The van der Waals surface area contributed by atoms with Gasteiger partial charge >= 0.3 is 0 Å². The largest absolute Gasteiger partial charge is 0.378 e. The first-order valence-corrected chi connectivity index (χ1v) is 12.1. The van der Waals surface area contributed by atoms with Crippen molar-refractivity contribution < 1.29 is 9.26 Å². The second-order valence-electron chi connectivity index (χ2n) is 6.98. The van der Waals surface area contributed by atoms with E-state index in [1.165, 1.54) is 5.56 Å². The summed E-state index contributed by atoms with van der Waals surface area (Å²) >= 11 is 3.14. The summed E-state index contributed by atoms with van der Waals surface area (Å²) in [7, 11) is 0. The highest BCUT2D eigenvalue weighted by Gasteiger charge is 2.23. The number of aryl methyl sites for hydroxylation is 1. The molecule has 0 saturated carbocycles. The fourth-order valence-electron chi connectivity index (χ4n) is 3.51. The Kier molecular flexibility index (Phi) is 6.01. The van der Waals surface area contributed by atoms with E-state index in [0.29, 0.717) is 30.7 Å². The van der Waals surface area contributed by atoms with Gasteiger partial charge in [-0.1, -0.05) is 48.1 Å². The molecule has 0 aliphatic carbocycles. The lowest BCUT2D eigenvalue weighted by molar-refractivity contribution is 0.122. The highest BCUT2D eigenvalue weighted by molar-refractivity contribution is 7.98. The molecular weight excluding hydrogens is 432 g/mol. The van der Waals surface area contributed by atoms with Gasteiger partial charge in [-0.2, -0.15) is 4.98 Å². The lowest BCUT2D eigenvalue weighted by Gasteiger charge is -2.28. The lowest BCUT2D eigenvalue weighted by Crippen LogP contribution is -2.38. The number of aromatic nitrogens is 5. The molecule has 1 saturated heterocycles. The van der Waals surface area contributed by atoms with Gasteiger partial charge in [-0.05, 0) is 29.5 Å². The second kappa shape index (κ2) is 9.21. The van der Waals surface area contributed by atoms with E-state index in [0.717, 1.165) is 41.2 Å². The molecule has 4 aromatic rings. The van der Waals surface area contributed by atoms with E-state index in [9.17, 15) is 0 Å². The number of nitrogens with zero attached hydrogens (tertiary/aromatic N) is 6. The Labute approximate surface area is 188 Å². The Bertz CT molecular complexity index is 1130. The summed E-state index contributed by atoms with van der Waals surface area (Å²) in [6.45, 7) is 5.14. The van der Waals surface area contributed by atoms with Gasteiger partial charge in [-0.25, -0.2) is 0 Å². The van der Waals surface area contributed by atoms with E-state index in [1.807, 2.05) is 17.5 Å². The van der Waals surface area contributed by atoms with E-state index in [2.05, 4.69) is 61.0 Å². The molecule has 1 aliphatic rings. The minimum absolute atomic E-state index is 0.522. The maximum Gasteiger partial charge on any atom is 0.237 e. The van der Waals surface area contributed by atoms with Crippen molar-refractivity contribution in [1.29, 1.82) is 0 Å². The Morgan fingerprint density at radius 3 is 2.77 bits per heavy atom. The van der Waals surface area contributed by atoms with Gasteiger partial charge in [-0.3, -0.25) is 4.57 Å². The predicted octanol–water partition coefficient (Wildman–Crippen LogP) is 4.07. The molecule has 10 heteroatoms. The molecule has 0 radical (unpaired) electrons. The number of thioether (sulfide) groups is 1. The molecule has 5 rings (SSSR count). The molecule has 0 bridgehead atoms. The molecule has 1 fully saturated rings. The summed E-state index contributed by atoms with van der Waals surface area (Å²) in [6, 6.07) is 12.4. The smallest absolute Gasteiger partial charge is 0.237 e. The number of para-hydroxylation sites is 1. The minimum Gasteiger partial charge on any atom is -0.378 e. The van der Waals surface area contributed by atoms with Crippen LogP contribution in [-0.4, -0.2) is 51.2 Å². The Morgan fingerprint density at radius 2 is 1.97 bits per heavy atom. The van der Waals surface area contributed by atoms with Crippen molar-refractivity contribution in [3.63, 3.8) is 0 Å². The summed E-state index contributed by atoms with van der Waals surface area (Å²) in [5.41, 5.74) is 2.35. The molecule has 3 aromatic heterocycles. The molecule has 0 spiro atoms. The van der Waals surface area contributed by atoms with Crippen LogP contribution in [0.3, 0.4) is 0 Å². The first-order valence-electron chi connectivity index (χ1n) is 10.2. The molecule has 4 heterocycles. The summed E-state index contributed by atoms with van der Waals surface area (Å²) < 4.78 is 13.1. The van der Waals surface area contributed by atoms with Gasteiger partial charge in [0.2, 0.25) is 17.7 Å². The van der Waals surface area contributed by atoms with Crippen LogP contribution in [0, 0.1) is 0 Å². The third-order valence-corrected chi connectivity index (χ3v) is 6.84. The Balaban J connectivity index is 1.45. The number of hydrogen-bond donors (Lipinski definition) is 0. The van der Waals surface area contributed by atoms with E-state index in [4.69, 9.17) is 9.26 Å². The van der Waals surface area contributed by atoms with Crippen LogP contribution in [0.25, 0.3) is 16.4 Å². The van der Waals surface area contributed by atoms with Crippen LogP contribution in [0.15, 0.2) is 51.5 Å². The zero-order valence-corrected chi connectivity index (χ0v) is 18.7. The number of anilines is 1. The zero-order chi connectivity index (χ0) is 21.0. The predicted molar refractivity (Wildman–Crippen MR) is 121 cm³/mol. The average Bonchev–Trinajstić information content (AvgIpc) is 3.58. The standard InChI is InChI=1S/C21H22N6O2S2/c1-2-15-6-3-4-7-16(15)27-20(26-9-11-28-12-10-26)23-24-21(27)31-14-18-22-19(25-29-18)17-8-5-13-30-17/h3-8,13H,2,9-12,14H2,1H3. The normalized spacial score (nSPS) is 14.3. The van der Waals surface area contributed by atoms with Crippen LogP contribution in [-0.2, 0) is 16.9 Å². The quantitative estimate of drug-likeness (QED) is 0.387. The Morgan fingerprint density at radius 1 is 1.10 bits per heavy atom. The summed E-state index contributed by atoms with van der Waals surface area (Å²) in [4.78, 5) is 7.75. The van der Waals surface area contributed by atoms with E-state index >= 15 is 0 Å². The van der Waals surface area contributed by atoms with Crippen molar-refractivity contribution >= 4 is 29.0 Å². The van der Waals surface area contributed by atoms with Gasteiger partial charge in [0.25, 0.3) is 0 Å². The molecule has 8 nitrogen and oxygen atoms in total. The lowest BCUT2D eigenvalue weighted by atomic mass is 10.1. The highest BCUT2D eigenvalue weighted by atomic mass is 32.2. The third kappa shape index (κ3) is 4.23. The number of ether oxygens (including phenoxy) is 1. The molecule has 0 N–H and O–H groups in total. The van der Waals surface area contributed by atoms with Crippen molar-refractivity contribution in [3.05, 3.63) is 53.2 Å². The van der Waals surface area contributed by atoms with Gasteiger partial charge in [0.15, 0.2) is 5.16 Å². The van der Waals surface area contributed by atoms with Crippen LogP contribution in [0.1, 0.15) is 18.4 Å². The van der Waals surface area contributed by atoms with Crippen molar-refractivity contribution in [2.45, 2.75) is 24.3 Å². The monoisotopic (exact) mass is 454 g/mol. The fraction of sp³-hybridized carbons (Fsp3) is 0.333. The topological polar surface area (TPSA) is 82.1 Å². The minimum atomic E-state index is 0.522. The molecule has 0 unspecified atom stereocenters. The van der Waals surface area contributed by atoms with Crippen LogP contribution in [0.5, 0.6) is 0 Å². The zero-order valence-electron chi connectivity index (χ0n) is 17.1. The first-order chi connectivity index (χ1) is 15.3. The number of rotatable bonds is 7. The van der Waals surface area contributed by atoms with Crippen LogP contribution in [0.4, 0.5) is 5.95 Å². The Hall–Kier alpha value is -2.69. The molecule has 1 aliphatic heterocycles. The molecular formula is C21H22N6O2S2. The van der Waals surface area contributed by atoms with Crippen molar-refractivity contribution in [2.24, 2.45) is 0 Å². The van der Waals surface area contributed by atoms with Gasteiger partial charge in [-0.15, -0.1) is 21.5 Å². The van der Waals surface area contributed by atoms with Crippen molar-refractivity contribution in [1.82, 2.24) is 24.9 Å². The van der Waals surface area contributed by atoms with Crippen molar-refractivity contribution in [2.75, 3.05) is 31.2 Å². The molecule has 31 heavy (non-hydrogen) atoms. The maximum absolute atomic E-state index is 5.53. The van der Waals surface area contributed by atoms with Crippen LogP contribution >= 0.6 is 23.1 Å². The number of hydrogen-bond acceptors (Lipinski definition) is 9. The number of thiophene rings is 1. The summed E-state index contributed by atoms with van der Waals surface area (Å²) in [5.74, 6) is 2.56. The summed E-state index contributed by atoms with van der Waals surface area (Å²) in [5, 5.41) is 16.0. The van der Waals surface area contributed by atoms with Gasteiger partial charge in [0.1, 0.15) is 0 Å². The average molecular weight is 455 g/mol. The van der Waals surface area contributed by atoms with Gasteiger partial charge < -0.3 is 14.2 Å². The van der Waals surface area contributed by atoms with Crippen molar-refractivity contribution in [3.8, 4) is 16.4 Å². The van der Waals surface area contributed by atoms with Gasteiger partial charge in [0.05, 0.1) is 29.5 Å². The second-order valence-corrected chi connectivity index (χ2v) is 8.87. The maximum atomic E-state index is 5.53. The number of benzene rings is 1. The number of morpholine rings is 1. The molecule has 0 amide bonds. The van der Waals surface area contributed by atoms with E-state index in [1.54, 1.807) is 23.1 Å². The van der Waals surface area contributed by atoms with Gasteiger partial charge in [0, 0.05) is 13.1 Å². The third-order valence-electron chi connectivity index (χ3n) is 5.06.